The summed E-state index contributed by atoms with van der Waals surface area (Å²) >= 11 is 1.65. The van der Waals surface area contributed by atoms with Gasteiger partial charge in [-0.05, 0) is 25.1 Å². The minimum absolute atomic E-state index is 0.173. The second-order valence-corrected chi connectivity index (χ2v) is 6.80. The molecule has 116 valence electrons. The summed E-state index contributed by atoms with van der Waals surface area (Å²) in [6, 6.07) is 11.5. The van der Waals surface area contributed by atoms with Crippen LogP contribution in [0, 0.1) is 10.1 Å². The molecule has 6 heteroatoms. The van der Waals surface area contributed by atoms with E-state index in [2.05, 4.69) is 23.2 Å². The molecule has 1 aliphatic rings. The molecule has 3 rings (SSSR count). The number of para-hydroxylation sites is 1. The van der Waals surface area contributed by atoms with Crippen molar-refractivity contribution in [1.29, 1.82) is 0 Å². The van der Waals surface area contributed by atoms with Crippen LogP contribution in [0.15, 0.2) is 36.4 Å². The number of benzene rings is 1. The van der Waals surface area contributed by atoms with Crippen molar-refractivity contribution in [1.82, 2.24) is 10.2 Å². The Hall–Kier alpha value is -1.76. The molecule has 1 N–H and O–H groups in total. The lowest BCUT2D eigenvalue weighted by Crippen LogP contribution is -2.48. The van der Waals surface area contributed by atoms with E-state index >= 15 is 0 Å². The number of rotatable bonds is 4. The van der Waals surface area contributed by atoms with Crippen LogP contribution in [0.2, 0.25) is 0 Å². The molecule has 0 unspecified atom stereocenters. The van der Waals surface area contributed by atoms with Crippen LogP contribution < -0.4 is 5.32 Å². The first-order valence-corrected chi connectivity index (χ1v) is 8.23. The zero-order valence-electron chi connectivity index (χ0n) is 12.5. The fourth-order valence-electron chi connectivity index (χ4n) is 2.83. The van der Waals surface area contributed by atoms with Gasteiger partial charge in [-0.3, -0.25) is 15.0 Å². The van der Waals surface area contributed by atoms with Gasteiger partial charge in [0, 0.05) is 48.0 Å². The Bertz CT molecular complexity index is 671. The number of nitro groups is 1. The van der Waals surface area contributed by atoms with Crippen LogP contribution in [0.4, 0.5) is 5.69 Å². The molecule has 0 radical (unpaired) electrons. The number of nitrogens with zero attached hydrogens (tertiary/aromatic N) is 2. The van der Waals surface area contributed by atoms with Gasteiger partial charge in [0.1, 0.15) is 0 Å². The maximum Gasteiger partial charge on any atom is 0.278 e. The highest BCUT2D eigenvalue weighted by Crippen LogP contribution is 2.35. The molecule has 2 heterocycles. The first-order chi connectivity index (χ1) is 10.6. The molecule has 5 nitrogen and oxygen atoms in total. The smallest absolute Gasteiger partial charge is 0.278 e. The van der Waals surface area contributed by atoms with E-state index in [0.29, 0.717) is 11.6 Å². The molecule has 1 saturated heterocycles. The van der Waals surface area contributed by atoms with Gasteiger partial charge in [0.25, 0.3) is 5.69 Å². The average Bonchev–Trinajstić information content (AvgIpc) is 2.95. The van der Waals surface area contributed by atoms with Gasteiger partial charge >= 0.3 is 0 Å². The lowest BCUT2D eigenvalue weighted by molar-refractivity contribution is -0.384. The summed E-state index contributed by atoms with van der Waals surface area (Å²) in [5.74, 6) is 0. The van der Waals surface area contributed by atoms with Crippen LogP contribution in [0.25, 0.3) is 10.4 Å². The van der Waals surface area contributed by atoms with Crippen molar-refractivity contribution in [2.24, 2.45) is 0 Å². The molecule has 1 aliphatic heterocycles. The summed E-state index contributed by atoms with van der Waals surface area (Å²) in [4.78, 5) is 15.5. The summed E-state index contributed by atoms with van der Waals surface area (Å²) in [7, 11) is 0. The molecule has 0 bridgehead atoms. The molecule has 0 amide bonds. The summed E-state index contributed by atoms with van der Waals surface area (Å²) in [5, 5.41) is 14.6. The maximum absolute atomic E-state index is 11.1. The fraction of sp³-hybridized carbons (Fsp3) is 0.375. The van der Waals surface area contributed by atoms with E-state index in [1.165, 1.54) is 4.88 Å². The number of nitro benzene ring substituents is 1. The van der Waals surface area contributed by atoms with E-state index in [-0.39, 0.29) is 10.6 Å². The molecule has 22 heavy (non-hydrogen) atoms. The predicted molar refractivity (Wildman–Crippen MR) is 89.2 cm³/mol. The third-order valence-electron chi connectivity index (χ3n) is 3.86. The third-order valence-corrected chi connectivity index (χ3v) is 4.96. The molecule has 1 atom stereocenters. The zero-order chi connectivity index (χ0) is 15.5. The lowest BCUT2D eigenvalue weighted by atomic mass is 10.1. The van der Waals surface area contributed by atoms with Gasteiger partial charge in [0.2, 0.25) is 0 Å². The van der Waals surface area contributed by atoms with E-state index in [9.17, 15) is 10.1 Å². The standard InChI is InChI=1S/C16H19N3O2S/c1-12-10-18(9-8-17-12)11-13-6-7-16(22-13)14-4-2-3-5-15(14)19(20)21/h2-7,12,17H,8-11H2,1H3/t12-/m1/s1. The van der Waals surface area contributed by atoms with Crippen LogP contribution in [-0.2, 0) is 6.54 Å². The Labute approximate surface area is 133 Å². The second kappa shape index (κ2) is 6.56. The third kappa shape index (κ3) is 3.35. The predicted octanol–water partition coefficient (Wildman–Crippen LogP) is 3.12. The Balaban J connectivity index is 1.78. The minimum atomic E-state index is -0.313. The van der Waals surface area contributed by atoms with Gasteiger partial charge < -0.3 is 5.32 Å². The minimum Gasteiger partial charge on any atom is -0.312 e. The van der Waals surface area contributed by atoms with E-state index in [0.717, 1.165) is 31.1 Å². The monoisotopic (exact) mass is 317 g/mol. The Kier molecular flexibility index (Phi) is 4.52. The summed E-state index contributed by atoms with van der Waals surface area (Å²) in [6.45, 7) is 6.21. The highest BCUT2D eigenvalue weighted by atomic mass is 32.1. The maximum atomic E-state index is 11.1. The number of nitrogens with one attached hydrogen (secondary N) is 1. The molecule has 0 spiro atoms. The van der Waals surface area contributed by atoms with Crippen LogP contribution in [-0.4, -0.2) is 35.5 Å². The quantitative estimate of drug-likeness (QED) is 0.695. The van der Waals surface area contributed by atoms with Crippen LogP contribution in [0.1, 0.15) is 11.8 Å². The first-order valence-electron chi connectivity index (χ1n) is 7.42. The van der Waals surface area contributed by atoms with Crippen molar-refractivity contribution >= 4 is 17.0 Å². The number of hydrogen-bond donors (Lipinski definition) is 1. The van der Waals surface area contributed by atoms with Gasteiger partial charge in [0.05, 0.1) is 10.5 Å². The highest BCUT2D eigenvalue weighted by Gasteiger charge is 2.18. The second-order valence-electron chi connectivity index (χ2n) is 5.63. The molecule has 1 aromatic heterocycles. The SMILES string of the molecule is C[C@@H]1CN(Cc2ccc(-c3ccccc3[N+](=O)[O-])s2)CCN1. The van der Waals surface area contributed by atoms with Crippen LogP contribution in [0.3, 0.4) is 0 Å². The van der Waals surface area contributed by atoms with Crippen LogP contribution in [0.5, 0.6) is 0 Å². The Morgan fingerprint density at radius 3 is 2.95 bits per heavy atom. The van der Waals surface area contributed by atoms with Crippen molar-refractivity contribution < 1.29 is 4.92 Å². The van der Waals surface area contributed by atoms with Gasteiger partial charge in [-0.2, -0.15) is 0 Å². The molecular weight excluding hydrogens is 298 g/mol. The summed E-state index contributed by atoms with van der Waals surface area (Å²) in [6.07, 6.45) is 0. The fourth-order valence-corrected chi connectivity index (χ4v) is 3.91. The average molecular weight is 317 g/mol. The lowest BCUT2D eigenvalue weighted by Gasteiger charge is -2.31. The van der Waals surface area contributed by atoms with Gasteiger partial charge in [-0.15, -0.1) is 11.3 Å². The largest absolute Gasteiger partial charge is 0.312 e. The Morgan fingerprint density at radius 2 is 2.18 bits per heavy atom. The van der Waals surface area contributed by atoms with E-state index < -0.39 is 0 Å². The van der Waals surface area contributed by atoms with Crippen molar-refractivity contribution in [2.75, 3.05) is 19.6 Å². The zero-order valence-corrected chi connectivity index (χ0v) is 13.3. The van der Waals surface area contributed by atoms with Crippen molar-refractivity contribution in [2.45, 2.75) is 19.5 Å². The molecule has 0 aliphatic carbocycles. The topological polar surface area (TPSA) is 58.4 Å². The molecular formula is C16H19N3O2S. The van der Waals surface area contributed by atoms with Crippen molar-refractivity contribution in [3.05, 3.63) is 51.4 Å². The van der Waals surface area contributed by atoms with Gasteiger partial charge in [-0.1, -0.05) is 12.1 Å². The molecule has 2 aromatic rings. The van der Waals surface area contributed by atoms with Crippen molar-refractivity contribution in [3.8, 4) is 10.4 Å². The highest BCUT2D eigenvalue weighted by molar-refractivity contribution is 7.15. The normalized spacial score (nSPS) is 19.2. The number of hydrogen-bond acceptors (Lipinski definition) is 5. The van der Waals surface area contributed by atoms with E-state index in [4.69, 9.17) is 0 Å². The molecule has 1 fully saturated rings. The van der Waals surface area contributed by atoms with Gasteiger partial charge in [0.15, 0.2) is 0 Å². The summed E-state index contributed by atoms with van der Waals surface area (Å²) < 4.78 is 0. The van der Waals surface area contributed by atoms with E-state index in [1.807, 2.05) is 18.2 Å². The van der Waals surface area contributed by atoms with Crippen LogP contribution >= 0.6 is 11.3 Å². The van der Waals surface area contributed by atoms with Gasteiger partial charge in [-0.25, -0.2) is 0 Å². The Morgan fingerprint density at radius 1 is 1.36 bits per heavy atom. The van der Waals surface area contributed by atoms with E-state index in [1.54, 1.807) is 23.5 Å². The molecule has 1 aromatic carbocycles. The van der Waals surface area contributed by atoms with Crippen molar-refractivity contribution in [3.63, 3.8) is 0 Å². The molecule has 0 saturated carbocycles. The number of thiophene rings is 1. The number of piperazine rings is 1. The summed E-state index contributed by atoms with van der Waals surface area (Å²) in [5.41, 5.74) is 0.879. The first kappa shape index (κ1) is 15.1.